The van der Waals surface area contributed by atoms with E-state index in [4.69, 9.17) is 28.8 Å². The van der Waals surface area contributed by atoms with Gasteiger partial charge in [0.15, 0.2) is 5.78 Å². The van der Waals surface area contributed by atoms with Crippen molar-refractivity contribution in [3.05, 3.63) is 95.0 Å². The molecule has 12 saturated carbocycles. The minimum Gasteiger partial charge on any atom is -0.345 e. The molecular weight excluding hydrogens is 782 g/mol. The molecule has 4 atom stereocenters. The highest BCUT2D eigenvalue weighted by Gasteiger charge is 2.59. The lowest BCUT2D eigenvalue weighted by Gasteiger charge is -2.62. The van der Waals surface area contributed by atoms with Gasteiger partial charge < -0.3 is 27.8 Å². The zero-order valence-electron chi connectivity index (χ0n) is 35.6. The molecule has 2 heterocycles. The van der Waals surface area contributed by atoms with Crippen molar-refractivity contribution < 1.29 is 14.4 Å². The second kappa shape index (κ2) is 15.2. The highest BCUT2D eigenvalue weighted by Crippen LogP contribution is 2.63. The molecule has 8 N–H and O–H groups in total. The number of ketones is 1. The van der Waals surface area contributed by atoms with Gasteiger partial charge in [0.2, 0.25) is 0 Å². The largest absolute Gasteiger partial charge is 0.345 e. The van der Waals surface area contributed by atoms with E-state index in [0.29, 0.717) is 52.1 Å². The lowest BCUT2D eigenvalue weighted by Crippen LogP contribution is -2.68. The van der Waals surface area contributed by atoms with E-state index < -0.39 is 0 Å². The van der Waals surface area contributed by atoms with Gasteiger partial charge in [0.25, 0.3) is 11.8 Å². The molecular formula is C50H64ClN7O3. The number of Topliss-reactive ketones (excluding diaryl/α,β-unsaturated/α-hetero) is 1. The van der Waals surface area contributed by atoms with Crippen LogP contribution in [0.15, 0.2) is 73.1 Å². The number of carbonyl (C=O) groups is 3. The minimum absolute atomic E-state index is 0.0130. The lowest BCUT2D eigenvalue weighted by molar-refractivity contribution is -0.0771. The minimum atomic E-state index is -0.201. The Bertz CT molecular complexity index is 2100. The number of carbonyl (C=O) groups excluding carboxylic acids is 3. The Balaban J connectivity index is 0.000000120. The topological polar surface area (TPSA) is 179 Å². The molecule has 2 aromatic heterocycles. The Kier molecular flexibility index (Phi) is 10.3. The fourth-order valence-electron chi connectivity index (χ4n) is 16.4. The fraction of sp³-hybridized carbons (Fsp3) is 0.620. The van der Waals surface area contributed by atoms with Gasteiger partial charge >= 0.3 is 0 Å². The molecule has 11 heteroatoms. The first-order valence-electron chi connectivity index (χ1n) is 23.2. The SMILES string of the molecule is NC12CC3CC(C1)CC(N)(C3)C2.NC12CC3CC(C1)CC(NC(=O)c1ccccn1)(C3)C2.O=C(CC12CC3CC(C1)CC(NC(=O)c1ccccn1)(C3)C2)c1cccc(Cl)c1. The quantitative estimate of drug-likeness (QED) is 0.149. The molecule has 10 nitrogen and oxygen atoms in total. The van der Waals surface area contributed by atoms with Crippen LogP contribution in [-0.4, -0.2) is 55.3 Å². The number of pyridine rings is 2. The summed E-state index contributed by atoms with van der Waals surface area (Å²) in [6.45, 7) is 0. The van der Waals surface area contributed by atoms with Crippen molar-refractivity contribution in [3.63, 3.8) is 0 Å². The van der Waals surface area contributed by atoms with Crippen LogP contribution in [0.5, 0.6) is 0 Å². The molecule has 3 aromatic rings. The number of halogens is 1. The van der Waals surface area contributed by atoms with E-state index in [1.54, 1.807) is 36.7 Å². The number of amides is 2. The summed E-state index contributed by atoms with van der Waals surface area (Å²) in [7, 11) is 0. The Labute approximate surface area is 365 Å². The molecule has 12 aliphatic carbocycles. The molecule has 12 aliphatic rings. The summed E-state index contributed by atoms with van der Waals surface area (Å²) in [5.41, 5.74) is 20.8. The Hall–Kier alpha value is -3.70. The number of rotatable bonds is 7. The van der Waals surface area contributed by atoms with Gasteiger partial charge in [-0.15, -0.1) is 0 Å². The van der Waals surface area contributed by atoms with E-state index in [1.165, 1.54) is 44.9 Å². The smallest absolute Gasteiger partial charge is 0.270 e. The Morgan fingerprint density at radius 3 is 1.43 bits per heavy atom. The second-order valence-corrected chi connectivity index (χ2v) is 22.9. The first kappa shape index (κ1) is 41.3. The number of hydrogen-bond donors (Lipinski definition) is 5. The maximum Gasteiger partial charge on any atom is 0.270 e. The predicted molar refractivity (Wildman–Crippen MR) is 237 cm³/mol. The van der Waals surface area contributed by atoms with Crippen molar-refractivity contribution in [1.82, 2.24) is 20.6 Å². The normalized spacial score (nSPS) is 41.2. The van der Waals surface area contributed by atoms with Crippen LogP contribution >= 0.6 is 11.6 Å². The molecule has 12 fully saturated rings. The van der Waals surface area contributed by atoms with E-state index in [1.807, 2.05) is 36.4 Å². The van der Waals surface area contributed by atoms with Crippen LogP contribution in [0.1, 0.15) is 153 Å². The number of benzene rings is 1. The van der Waals surface area contributed by atoms with Gasteiger partial charge in [-0.2, -0.15) is 0 Å². The summed E-state index contributed by atoms with van der Waals surface area (Å²) in [6.07, 6.45) is 24.5. The molecule has 12 bridgehead atoms. The number of nitrogens with two attached hydrogens (primary N) is 3. The molecule has 61 heavy (non-hydrogen) atoms. The molecule has 0 aliphatic heterocycles. The van der Waals surface area contributed by atoms with Gasteiger partial charge in [-0.1, -0.05) is 35.9 Å². The molecule has 1 aromatic carbocycles. The Morgan fingerprint density at radius 2 is 1.00 bits per heavy atom. The van der Waals surface area contributed by atoms with Crippen molar-refractivity contribution in [2.45, 2.75) is 150 Å². The lowest BCUT2D eigenvalue weighted by atomic mass is 9.46. The highest BCUT2D eigenvalue weighted by atomic mass is 35.5. The van der Waals surface area contributed by atoms with E-state index in [-0.39, 0.29) is 50.7 Å². The zero-order valence-corrected chi connectivity index (χ0v) is 36.3. The van der Waals surface area contributed by atoms with Gasteiger partial charge in [0.1, 0.15) is 11.4 Å². The van der Waals surface area contributed by atoms with Crippen LogP contribution in [0.3, 0.4) is 0 Å². The maximum absolute atomic E-state index is 13.1. The highest BCUT2D eigenvalue weighted by molar-refractivity contribution is 6.31. The molecule has 0 spiro atoms. The molecule has 0 radical (unpaired) electrons. The van der Waals surface area contributed by atoms with Crippen LogP contribution in [0.4, 0.5) is 0 Å². The zero-order chi connectivity index (χ0) is 42.3. The van der Waals surface area contributed by atoms with Crippen LogP contribution < -0.4 is 27.8 Å². The fourth-order valence-corrected chi connectivity index (χ4v) is 16.6. The van der Waals surface area contributed by atoms with Crippen molar-refractivity contribution >= 4 is 29.2 Å². The number of hydrogen-bond acceptors (Lipinski definition) is 8. The first-order valence-corrected chi connectivity index (χ1v) is 23.6. The van der Waals surface area contributed by atoms with Crippen molar-refractivity contribution in [2.24, 2.45) is 58.1 Å². The van der Waals surface area contributed by atoms with Crippen LogP contribution in [0.2, 0.25) is 5.02 Å². The van der Waals surface area contributed by atoms with Crippen molar-refractivity contribution in [2.75, 3.05) is 0 Å². The Morgan fingerprint density at radius 1 is 0.557 bits per heavy atom. The first-order chi connectivity index (χ1) is 29.1. The third kappa shape index (κ3) is 8.55. The summed E-state index contributed by atoms with van der Waals surface area (Å²) in [5.74, 6) is 4.33. The van der Waals surface area contributed by atoms with E-state index >= 15 is 0 Å². The standard InChI is InChI=1S/C24H25ClN2O2.C16H21N3O.C10H18N2/c25-19-5-3-4-18(9-19)21(28)14-23-10-16-8-17(11-23)13-24(12-16,15-23)27-22(29)20-6-1-2-7-26-20;17-15-6-11-5-12(7-15)9-16(8-11,10-15)19-14(20)13-3-1-2-4-18-13;11-9-2-7-1-8(4-9)5-10(12,3-7)6-9/h1-7,9,16-17H,8,10-15H2,(H,27,29);1-4,11-12H,5-10,17H2,(H,19,20);7-8H,1-6,11-12H2. The predicted octanol–water partition coefficient (Wildman–Crippen LogP) is 7.93. The summed E-state index contributed by atoms with van der Waals surface area (Å²) < 4.78 is 0. The monoisotopic (exact) mass is 845 g/mol. The third-order valence-electron chi connectivity index (χ3n) is 16.7. The maximum atomic E-state index is 13.1. The van der Waals surface area contributed by atoms with E-state index in [9.17, 15) is 14.4 Å². The van der Waals surface area contributed by atoms with Gasteiger partial charge in [-0.3, -0.25) is 24.4 Å². The average molecular weight is 847 g/mol. The van der Waals surface area contributed by atoms with Crippen LogP contribution in [-0.2, 0) is 0 Å². The number of nitrogens with zero attached hydrogens (tertiary/aromatic N) is 2. The summed E-state index contributed by atoms with van der Waals surface area (Å²) in [4.78, 5) is 46.7. The second-order valence-electron chi connectivity index (χ2n) is 22.5. The van der Waals surface area contributed by atoms with Crippen LogP contribution in [0.25, 0.3) is 0 Å². The summed E-state index contributed by atoms with van der Waals surface area (Å²) in [5, 5.41) is 7.24. The molecule has 4 unspecified atom stereocenters. The van der Waals surface area contributed by atoms with Crippen molar-refractivity contribution in [3.8, 4) is 0 Å². The molecule has 324 valence electrons. The van der Waals surface area contributed by atoms with E-state index in [0.717, 1.165) is 82.5 Å². The number of nitrogens with one attached hydrogen (secondary N) is 2. The third-order valence-corrected chi connectivity index (χ3v) is 16.9. The van der Waals surface area contributed by atoms with Crippen molar-refractivity contribution in [1.29, 1.82) is 0 Å². The van der Waals surface area contributed by atoms with Gasteiger partial charge in [-0.05, 0) is 193 Å². The number of aromatic nitrogens is 2. The molecule has 0 saturated heterocycles. The summed E-state index contributed by atoms with van der Waals surface area (Å²) >= 11 is 6.10. The van der Waals surface area contributed by atoms with Gasteiger partial charge in [0.05, 0.1) is 0 Å². The van der Waals surface area contributed by atoms with Gasteiger partial charge in [-0.25, -0.2) is 0 Å². The molecule has 2 amide bonds. The summed E-state index contributed by atoms with van der Waals surface area (Å²) in [6, 6.07) is 18.1. The van der Waals surface area contributed by atoms with E-state index in [2.05, 4.69) is 20.6 Å². The van der Waals surface area contributed by atoms with Crippen LogP contribution in [0, 0.1) is 40.9 Å². The molecule has 15 rings (SSSR count). The van der Waals surface area contributed by atoms with Gasteiger partial charge in [0, 0.05) is 57.1 Å². The average Bonchev–Trinajstić information content (AvgIpc) is 3.16.